The van der Waals surface area contributed by atoms with Gasteiger partial charge in [0.1, 0.15) is 5.82 Å². The third-order valence-electron chi connectivity index (χ3n) is 1.73. The monoisotopic (exact) mass is 215 g/mol. The summed E-state index contributed by atoms with van der Waals surface area (Å²) in [4.78, 5) is 11.2. The number of rotatable bonds is 4. The zero-order chi connectivity index (χ0) is 10.4. The highest BCUT2D eigenvalue weighted by molar-refractivity contribution is 6.18. The SMILES string of the molecule is O=C(Cc1ccccc1F)NCCCl. The highest BCUT2D eigenvalue weighted by Gasteiger charge is 2.06. The van der Waals surface area contributed by atoms with Crippen LogP contribution >= 0.6 is 11.6 Å². The van der Waals surface area contributed by atoms with Crippen molar-refractivity contribution in [2.45, 2.75) is 6.42 Å². The lowest BCUT2D eigenvalue weighted by atomic mass is 10.1. The van der Waals surface area contributed by atoms with Crippen molar-refractivity contribution in [3.8, 4) is 0 Å². The Morgan fingerprint density at radius 3 is 2.79 bits per heavy atom. The molecule has 1 aromatic rings. The van der Waals surface area contributed by atoms with Gasteiger partial charge < -0.3 is 5.32 Å². The Hall–Kier alpha value is -1.09. The Balaban J connectivity index is 2.52. The summed E-state index contributed by atoms with van der Waals surface area (Å²) >= 11 is 5.39. The van der Waals surface area contributed by atoms with Crippen LogP contribution in [-0.4, -0.2) is 18.3 Å². The predicted octanol–water partition coefficient (Wildman–Crippen LogP) is 1.72. The third-order valence-corrected chi connectivity index (χ3v) is 1.91. The van der Waals surface area contributed by atoms with Crippen LogP contribution in [0.4, 0.5) is 4.39 Å². The van der Waals surface area contributed by atoms with Crippen molar-refractivity contribution in [3.05, 3.63) is 35.6 Å². The maximum absolute atomic E-state index is 13.1. The Kier molecular flexibility index (Phi) is 4.40. The summed E-state index contributed by atoms with van der Waals surface area (Å²) < 4.78 is 13.1. The van der Waals surface area contributed by atoms with Gasteiger partial charge >= 0.3 is 0 Å². The molecule has 0 atom stereocenters. The van der Waals surface area contributed by atoms with Crippen molar-refractivity contribution in [2.75, 3.05) is 12.4 Å². The summed E-state index contributed by atoms with van der Waals surface area (Å²) in [5, 5.41) is 2.57. The lowest BCUT2D eigenvalue weighted by molar-refractivity contribution is -0.120. The second-order valence-corrected chi connectivity index (χ2v) is 3.19. The number of alkyl halides is 1. The molecule has 14 heavy (non-hydrogen) atoms. The number of benzene rings is 1. The molecule has 0 saturated carbocycles. The van der Waals surface area contributed by atoms with E-state index < -0.39 is 0 Å². The summed E-state index contributed by atoms with van der Waals surface area (Å²) in [5.41, 5.74) is 0.402. The number of hydrogen-bond acceptors (Lipinski definition) is 1. The van der Waals surface area contributed by atoms with Gasteiger partial charge in [-0.15, -0.1) is 11.6 Å². The first-order chi connectivity index (χ1) is 6.74. The summed E-state index contributed by atoms with van der Waals surface area (Å²) in [6.07, 6.45) is 0.0591. The molecular formula is C10H11ClFNO. The molecule has 0 fully saturated rings. The van der Waals surface area contributed by atoms with Gasteiger partial charge in [0, 0.05) is 12.4 Å². The van der Waals surface area contributed by atoms with Gasteiger partial charge in [0.05, 0.1) is 6.42 Å². The molecular weight excluding hydrogens is 205 g/mol. The molecule has 0 bridgehead atoms. The highest BCUT2D eigenvalue weighted by atomic mass is 35.5. The van der Waals surface area contributed by atoms with Crippen molar-refractivity contribution < 1.29 is 9.18 Å². The Morgan fingerprint density at radius 2 is 2.14 bits per heavy atom. The number of carbonyl (C=O) groups is 1. The molecule has 76 valence electrons. The number of hydrogen-bond donors (Lipinski definition) is 1. The predicted molar refractivity (Wildman–Crippen MR) is 53.8 cm³/mol. The van der Waals surface area contributed by atoms with Crippen molar-refractivity contribution >= 4 is 17.5 Å². The fourth-order valence-electron chi connectivity index (χ4n) is 1.06. The van der Waals surface area contributed by atoms with Crippen molar-refractivity contribution in [3.63, 3.8) is 0 Å². The summed E-state index contributed by atoms with van der Waals surface area (Å²) in [7, 11) is 0. The number of halogens is 2. The molecule has 0 heterocycles. The fourth-order valence-corrected chi connectivity index (χ4v) is 1.16. The van der Waals surface area contributed by atoms with Crippen molar-refractivity contribution in [1.82, 2.24) is 5.32 Å². The van der Waals surface area contributed by atoms with E-state index in [-0.39, 0.29) is 18.1 Å². The molecule has 0 unspecified atom stereocenters. The average molecular weight is 216 g/mol. The standard InChI is InChI=1S/C10H11ClFNO/c11-5-6-13-10(14)7-8-3-1-2-4-9(8)12/h1-4H,5-7H2,(H,13,14). The van der Waals surface area contributed by atoms with E-state index in [1.165, 1.54) is 6.07 Å². The maximum Gasteiger partial charge on any atom is 0.224 e. The van der Waals surface area contributed by atoms with Crippen molar-refractivity contribution in [2.24, 2.45) is 0 Å². The lowest BCUT2D eigenvalue weighted by Crippen LogP contribution is -2.27. The summed E-state index contributed by atoms with van der Waals surface area (Å²) in [6.45, 7) is 0.412. The summed E-state index contributed by atoms with van der Waals surface area (Å²) in [6, 6.07) is 6.22. The van der Waals surface area contributed by atoms with E-state index in [1.807, 2.05) is 0 Å². The number of carbonyl (C=O) groups excluding carboxylic acids is 1. The molecule has 0 aliphatic carbocycles. The van der Waals surface area contributed by atoms with E-state index in [1.54, 1.807) is 18.2 Å². The molecule has 0 aliphatic rings. The molecule has 0 radical (unpaired) electrons. The molecule has 4 heteroatoms. The normalized spacial score (nSPS) is 9.86. The fraction of sp³-hybridized carbons (Fsp3) is 0.300. The van der Waals surface area contributed by atoms with Crippen LogP contribution in [0.2, 0.25) is 0 Å². The first kappa shape index (κ1) is 11.0. The zero-order valence-corrected chi connectivity index (χ0v) is 8.35. The molecule has 0 aromatic heterocycles. The van der Waals surface area contributed by atoms with Crippen LogP contribution in [0.3, 0.4) is 0 Å². The summed E-state index contributed by atoms with van der Waals surface area (Å²) in [5.74, 6) is -0.201. The number of nitrogens with one attached hydrogen (secondary N) is 1. The van der Waals surface area contributed by atoms with Gasteiger partial charge in [-0.1, -0.05) is 18.2 Å². The smallest absolute Gasteiger partial charge is 0.224 e. The quantitative estimate of drug-likeness (QED) is 0.762. The first-order valence-corrected chi connectivity index (χ1v) is 4.83. The molecule has 2 nitrogen and oxygen atoms in total. The number of amides is 1. The van der Waals surface area contributed by atoms with Gasteiger partial charge in [-0.05, 0) is 11.6 Å². The molecule has 1 aromatic carbocycles. The van der Waals surface area contributed by atoms with E-state index >= 15 is 0 Å². The Morgan fingerprint density at radius 1 is 1.43 bits per heavy atom. The molecule has 0 saturated heterocycles. The van der Waals surface area contributed by atoms with Crippen LogP contribution < -0.4 is 5.32 Å². The van der Waals surface area contributed by atoms with Gasteiger partial charge in [-0.25, -0.2) is 4.39 Å². The first-order valence-electron chi connectivity index (χ1n) is 4.30. The third kappa shape index (κ3) is 3.34. The van der Waals surface area contributed by atoms with E-state index in [0.717, 1.165) is 0 Å². The minimum Gasteiger partial charge on any atom is -0.355 e. The zero-order valence-electron chi connectivity index (χ0n) is 7.59. The maximum atomic E-state index is 13.1. The van der Waals surface area contributed by atoms with E-state index in [0.29, 0.717) is 18.0 Å². The largest absolute Gasteiger partial charge is 0.355 e. The Bertz CT molecular complexity index is 317. The van der Waals surface area contributed by atoms with Gasteiger partial charge in [-0.3, -0.25) is 4.79 Å². The average Bonchev–Trinajstić information content (AvgIpc) is 2.18. The minimum atomic E-state index is -0.353. The van der Waals surface area contributed by atoms with Crippen LogP contribution in [-0.2, 0) is 11.2 Å². The second-order valence-electron chi connectivity index (χ2n) is 2.81. The lowest BCUT2D eigenvalue weighted by Gasteiger charge is -2.03. The minimum absolute atomic E-state index is 0.0591. The van der Waals surface area contributed by atoms with E-state index in [2.05, 4.69) is 5.32 Å². The van der Waals surface area contributed by atoms with Crippen LogP contribution in [0.25, 0.3) is 0 Å². The molecule has 1 amide bonds. The van der Waals surface area contributed by atoms with Crippen LogP contribution in [0.5, 0.6) is 0 Å². The van der Waals surface area contributed by atoms with Crippen LogP contribution in [0.15, 0.2) is 24.3 Å². The van der Waals surface area contributed by atoms with Crippen molar-refractivity contribution in [1.29, 1.82) is 0 Å². The van der Waals surface area contributed by atoms with Gasteiger partial charge in [-0.2, -0.15) is 0 Å². The second kappa shape index (κ2) is 5.60. The van der Waals surface area contributed by atoms with E-state index in [9.17, 15) is 9.18 Å². The van der Waals surface area contributed by atoms with Crippen LogP contribution in [0.1, 0.15) is 5.56 Å². The molecule has 1 N–H and O–H groups in total. The van der Waals surface area contributed by atoms with Gasteiger partial charge in [0.2, 0.25) is 5.91 Å². The van der Waals surface area contributed by atoms with Gasteiger partial charge in [0.25, 0.3) is 0 Å². The molecule has 1 rings (SSSR count). The van der Waals surface area contributed by atoms with Crippen LogP contribution in [0, 0.1) is 5.82 Å². The van der Waals surface area contributed by atoms with Gasteiger partial charge in [0.15, 0.2) is 0 Å². The van der Waals surface area contributed by atoms with E-state index in [4.69, 9.17) is 11.6 Å². The topological polar surface area (TPSA) is 29.1 Å². The Labute approximate surface area is 87.1 Å². The highest BCUT2D eigenvalue weighted by Crippen LogP contribution is 2.06. The molecule has 0 aliphatic heterocycles. The molecule has 0 spiro atoms.